The Morgan fingerprint density at radius 2 is 2.07 bits per heavy atom. The molecule has 0 heterocycles. The van der Waals surface area contributed by atoms with E-state index in [-0.39, 0.29) is 0 Å². The summed E-state index contributed by atoms with van der Waals surface area (Å²) in [7, 11) is 1.72. The van der Waals surface area contributed by atoms with Gasteiger partial charge in [-0.1, -0.05) is 12.8 Å². The van der Waals surface area contributed by atoms with Crippen LogP contribution in [0.5, 0.6) is 0 Å². The van der Waals surface area contributed by atoms with Gasteiger partial charge in [0.2, 0.25) is 0 Å². The van der Waals surface area contributed by atoms with Crippen LogP contribution in [0.25, 0.3) is 0 Å². The summed E-state index contributed by atoms with van der Waals surface area (Å²) in [5, 5.41) is 3.31. The molecule has 1 rings (SSSR count). The first-order valence-corrected chi connectivity index (χ1v) is 6.14. The zero-order valence-corrected chi connectivity index (χ0v) is 10.1. The highest BCUT2D eigenvalue weighted by atomic mass is 16.5. The van der Waals surface area contributed by atoms with Gasteiger partial charge in [-0.25, -0.2) is 0 Å². The molecule has 3 heteroatoms. The standard InChI is InChI=1S/C12H25NO2/c1-11(9-13-7-8-14-2)15-10-12-5-3-4-6-12/h11-13H,3-10H2,1-2H3. The van der Waals surface area contributed by atoms with E-state index in [4.69, 9.17) is 9.47 Å². The van der Waals surface area contributed by atoms with Crippen LogP contribution in [0.3, 0.4) is 0 Å². The van der Waals surface area contributed by atoms with Crippen molar-refractivity contribution in [1.29, 1.82) is 0 Å². The molecule has 90 valence electrons. The van der Waals surface area contributed by atoms with Crippen molar-refractivity contribution in [2.75, 3.05) is 33.4 Å². The normalized spacial score (nSPS) is 19.6. The minimum absolute atomic E-state index is 0.322. The second kappa shape index (κ2) is 8.08. The van der Waals surface area contributed by atoms with Gasteiger partial charge in [0.25, 0.3) is 0 Å². The molecule has 0 aromatic rings. The van der Waals surface area contributed by atoms with Gasteiger partial charge in [-0.05, 0) is 25.7 Å². The molecule has 0 bridgehead atoms. The molecule has 0 aliphatic heterocycles. The topological polar surface area (TPSA) is 30.5 Å². The van der Waals surface area contributed by atoms with Gasteiger partial charge in [-0.2, -0.15) is 0 Å². The molecular formula is C12H25NO2. The monoisotopic (exact) mass is 215 g/mol. The van der Waals surface area contributed by atoms with E-state index in [2.05, 4.69) is 12.2 Å². The molecule has 0 radical (unpaired) electrons. The predicted octanol–water partition coefficient (Wildman–Crippen LogP) is 1.82. The van der Waals surface area contributed by atoms with Crippen LogP contribution in [-0.4, -0.2) is 39.5 Å². The SMILES string of the molecule is COCCNCC(C)OCC1CCCC1. The summed E-state index contributed by atoms with van der Waals surface area (Å²) in [5.41, 5.74) is 0. The molecule has 3 nitrogen and oxygen atoms in total. The minimum atomic E-state index is 0.322. The summed E-state index contributed by atoms with van der Waals surface area (Å²) in [5.74, 6) is 0.825. The fourth-order valence-corrected chi connectivity index (χ4v) is 2.02. The molecule has 0 aromatic carbocycles. The van der Waals surface area contributed by atoms with E-state index in [0.717, 1.165) is 32.2 Å². The van der Waals surface area contributed by atoms with Gasteiger partial charge >= 0.3 is 0 Å². The molecule has 1 unspecified atom stereocenters. The fraction of sp³-hybridized carbons (Fsp3) is 1.00. The zero-order valence-electron chi connectivity index (χ0n) is 10.1. The third kappa shape index (κ3) is 6.13. The van der Waals surface area contributed by atoms with Gasteiger partial charge < -0.3 is 14.8 Å². The molecule has 1 N–H and O–H groups in total. The molecule has 1 saturated carbocycles. The molecule has 1 atom stereocenters. The second-order valence-electron chi connectivity index (χ2n) is 4.49. The average Bonchev–Trinajstić information content (AvgIpc) is 2.74. The minimum Gasteiger partial charge on any atom is -0.383 e. The summed E-state index contributed by atoms with van der Waals surface area (Å²) in [6.45, 7) is 5.70. The lowest BCUT2D eigenvalue weighted by Gasteiger charge is -2.16. The molecule has 15 heavy (non-hydrogen) atoms. The van der Waals surface area contributed by atoms with Crippen LogP contribution in [0.2, 0.25) is 0 Å². The highest BCUT2D eigenvalue weighted by molar-refractivity contribution is 4.67. The van der Waals surface area contributed by atoms with E-state index in [0.29, 0.717) is 6.10 Å². The van der Waals surface area contributed by atoms with Crippen LogP contribution in [0.1, 0.15) is 32.6 Å². The van der Waals surface area contributed by atoms with Crippen molar-refractivity contribution >= 4 is 0 Å². The van der Waals surface area contributed by atoms with Gasteiger partial charge in [0.15, 0.2) is 0 Å². The molecular weight excluding hydrogens is 190 g/mol. The van der Waals surface area contributed by atoms with Crippen molar-refractivity contribution in [2.45, 2.75) is 38.7 Å². The molecule has 0 amide bonds. The summed E-state index contributed by atoms with van der Waals surface area (Å²) in [4.78, 5) is 0. The first kappa shape index (κ1) is 12.9. The highest BCUT2D eigenvalue weighted by Crippen LogP contribution is 2.24. The average molecular weight is 215 g/mol. The van der Waals surface area contributed by atoms with Crippen LogP contribution in [-0.2, 0) is 9.47 Å². The lowest BCUT2D eigenvalue weighted by atomic mass is 10.1. The first-order valence-electron chi connectivity index (χ1n) is 6.14. The van der Waals surface area contributed by atoms with Crippen LogP contribution in [0, 0.1) is 5.92 Å². The number of hydrogen-bond acceptors (Lipinski definition) is 3. The van der Waals surface area contributed by atoms with E-state index in [1.165, 1.54) is 25.7 Å². The Labute approximate surface area is 93.5 Å². The molecule has 0 saturated heterocycles. The Morgan fingerprint density at radius 3 is 2.73 bits per heavy atom. The predicted molar refractivity (Wildman–Crippen MR) is 62.1 cm³/mol. The molecule has 1 aliphatic carbocycles. The van der Waals surface area contributed by atoms with Gasteiger partial charge in [0.1, 0.15) is 0 Å². The smallest absolute Gasteiger partial charge is 0.0671 e. The highest BCUT2D eigenvalue weighted by Gasteiger charge is 2.15. The van der Waals surface area contributed by atoms with E-state index < -0.39 is 0 Å². The van der Waals surface area contributed by atoms with Crippen molar-refractivity contribution in [3.63, 3.8) is 0 Å². The molecule has 1 fully saturated rings. The Hall–Kier alpha value is -0.120. The largest absolute Gasteiger partial charge is 0.383 e. The quantitative estimate of drug-likeness (QED) is 0.626. The maximum atomic E-state index is 5.80. The summed E-state index contributed by atoms with van der Waals surface area (Å²) >= 11 is 0. The van der Waals surface area contributed by atoms with Crippen molar-refractivity contribution in [3.05, 3.63) is 0 Å². The third-order valence-electron chi connectivity index (χ3n) is 3.01. The molecule has 1 aliphatic rings. The summed E-state index contributed by atoms with van der Waals surface area (Å²) in [6, 6.07) is 0. The maximum Gasteiger partial charge on any atom is 0.0671 e. The van der Waals surface area contributed by atoms with Gasteiger partial charge in [-0.3, -0.25) is 0 Å². The molecule has 0 aromatic heterocycles. The Bertz CT molecular complexity index is 147. The van der Waals surface area contributed by atoms with Gasteiger partial charge in [-0.15, -0.1) is 0 Å². The summed E-state index contributed by atoms with van der Waals surface area (Å²) in [6.07, 6.45) is 5.85. The summed E-state index contributed by atoms with van der Waals surface area (Å²) < 4.78 is 10.8. The van der Waals surface area contributed by atoms with Crippen LogP contribution in [0.4, 0.5) is 0 Å². The van der Waals surface area contributed by atoms with E-state index in [1.807, 2.05) is 0 Å². The maximum absolute atomic E-state index is 5.80. The van der Waals surface area contributed by atoms with Crippen molar-refractivity contribution in [1.82, 2.24) is 5.32 Å². The van der Waals surface area contributed by atoms with Gasteiger partial charge in [0.05, 0.1) is 12.7 Å². The van der Waals surface area contributed by atoms with E-state index >= 15 is 0 Å². The second-order valence-corrected chi connectivity index (χ2v) is 4.49. The van der Waals surface area contributed by atoms with Crippen LogP contribution < -0.4 is 5.32 Å². The Kier molecular flexibility index (Phi) is 6.98. The number of nitrogens with one attached hydrogen (secondary N) is 1. The van der Waals surface area contributed by atoms with Gasteiger partial charge in [0, 0.05) is 26.8 Å². The number of ether oxygens (including phenoxy) is 2. The Morgan fingerprint density at radius 1 is 1.33 bits per heavy atom. The lowest BCUT2D eigenvalue weighted by Crippen LogP contribution is -2.30. The van der Waals surface area contributed by atoms with E-state index in [9.17, 15) is 0 Å². The Balaban J connectivity index is 1.90. The lowest BCUT2D eigenvalue weighted by molar-refractivity contribution is 0.0408. The van der Waals surface area contributed by atoms with Crippen molar-refractivity contribution in [3.8, 4) is 0 Å². The number of rotatable bonds is 8. The third-order valence-corrected chi connectivity index (χ3v) is 3.01. The van der Waals surface area contributed by atoms with Crippen molar-refractivity contribution < 1.29 is 9.47 Å². The van der Waals surface area contributed by atoms with Crippen molar-refractivity contribution in [2.24, 2.45) is 5.92 Å². The van der Waals surface area contributed by atoms with Crippen LogP contribution in [0.15, 0.2) is 0 Å². The van der Waals surface area contributed by atoms with Crippen LogP contribution >= 0.6 is 0 Å². The zero-order chi connectivity index (χ0) is 10.9. The van der Waals surface area contributed by atoms with E-state index in [1.54, 1.807) is 7.11 Å². The number of methoxy groups -OCH3 is 1. The first-order chi connectivity index (χ1) is 7.33. The fourth-order valence-electron chi connectivity index (χ4n) is 2.02. The number of hydrogen-bond donors (Lipinski definition) is 1. The molecule has 0 spiro atoms.